The summed E-state index contributed by atoms with van der Waals surface area (Å²) in [4.78, 5) is 0. The highest BCUT2D eigenvalue weighted by atomic mass is 19.2. The van der Waals surface area contributed by atoms with Crippen LogP contribution in [0.3, 0.4) is 0 Å². The average molecular weight is 410 g/mol. The van der Waals surface area contributed by atoms with E-state index in [1.54, 1.807) is 18.2 Å². The van der Waals surface area contributed by atoms with Gasteiger partial charge in [0.15, 0.2) is 17.5 Å². The molecule has 1 saturated carbocycles. The Labute approximate surface area is 173 Å². The molecule has 30 heavy (non-hydrogen) atoms. The Morgan fingerprint density at radius 3 is 2.30 bits per heavy atom. The van der Waals surface area contributed by atoms with Crippen LogP contribution in [-0.2, 0) is 6.42 Å². The SMILES string of the molecule is CCc1ccc(C2CCC(C#Cc3ccc4c(F)c(F)c(F)cc4c3)CC2)c(F)c1. The molecule has 3 aromatic rings. The quantitative estimate of drug-likeness (QED) is 0.236. The molecule has 0 radical (unpaired) electrons. The highest BCUT2D eigenvalue weighted by Gasteiger charge is 2.23. The van der Waals surface area contributed by atoms with Gasteiger partial charge in [0.25, 0.3) is 0 Å². The van der Waals surface area contributed by atoms with Gasteiger partial charge >= 0.3 is 0 Å². The molecule has 0 atom stereocenters. The number of fused-ring (bicyclic) bond motifs is 1. The molecule has 4 heteroatoms. The van der Waals surface area contributed by atoms with Crippen molar-refractivity contribution in [3.63, 3.8) is 0 Å². The summed E-state index contributed by atoms with van der Waals surface area (Å²) in [5.41, 5.74) is 2.44. The molecule has 0 saturated heterocycles. The van der Waals surface area contributed by atoms with Crippen molar-refractivity contribution in [1.29, 1.82) is 0 Å². The van der Waals surface area contributed by atoms with Gasteiger partial charge in [0.05, 0.1) is 0 Å². The van der Waals surface area contributed by atoms with Gasteiger partial charge in [0.2, 0.25) is 0 Å². The minimum atomic E-state index is -1.46. The first-order chi connectivity index (χ1) is 14.5. The first kappa shape index (κ1) is 20.5. The zero-order valence-corrected chi connectivity index (χ0v) is 16.7. The Kier molecular flexibility index (Phi) is 5.81. The van der Waals surface area contributed by atoms with Gasteiger partial charge in [-0.3, -0.25) is 0 Å². The van der Waals surface area contributed by atoms with Crippen LogP contribution in [0.4, 0.5) is 17.6 Å². The molecule has 1 aliphatic carbocycles. The lowest BCUT2D eigenvalue weighted by Crippen LogP contribution is -2.13. The second-order valence-electron chi connectivity index (χ2n) is 7.95. The number of halogens is 4. The van der Waals surface area contributed by atoms with Gasteiger partial charge in [-0.25, -0.2) is 17.6 Å². The molecular weight excluding hydrogens is 388 g/mol. The normalized spacial score (nSPS) is 18.8. The van der Waals surface area contributed by atoms with Gasteiger partial charge in [0, 0.05) is 16.9 Å². The van der Waals surface area contributed by atoms with E-state index in [9.17, 15) is 17.6 Å². The van der Waals surface area contributed by atoms with Gasteiger partial charge < -0.3 is 0 Å². The predicted molar refractivity (Wildman–Crippen MR) is 111 cm³/mol. The summed E-state index contributed by atoms with van der Waals surface area (Å²) in [7, 11) is 0. The zero-order valence-electron chi connectivity index (χ0n) is 16.7. The first-order valence-electron chi connectivity index (χ1n) is 10.3. The van der Waals surface area contributed by atoms with Crippen LogP contribution in [0.2, 0.25) is 0 Å². The van der Waals surface area contributed by atoms with Gasteiger partial charge in [-0.1, -0.05) is 37.0 Å². The Morgan fingerprint density at radius 2 is 1.60 bits per heavy atom. The van der Waals surface area contributed by atoms with Crippen molar-refractivity contribution >= 4 is 10.8 Å². The van der Waals surface area contributed by atoms with Crippen LogP contribution in [-0.4, -0.2) is 0 Å². The van der Waals surface area contributed by atoms with E-state index in [1.807, 2.05) is 19.1 Å². The fourth-order valence-corrected chi connectivity index (χ4v) is 4.24. The molecule has 3 aromatic carbocycles. The molecular formula is C26H22F4. The smallest absolute Gasteiger partial charge is 0.195 e. The Balaban J connectivity index is 1.45. The minimum absolute atomic E-state index is 0.0380. The second-order valence-corrected chi connectivity index (χ2v) is 7.95. The Bertz CT molecular complexity index is 1150. The average Bonchev–Trinajstić information content (AvgIpc) is 2.76. The fraction of sp³-hybridized carbons (Fsp3) is 0.308. The first-order valence-corrected chi connectivity index (χ1v) is 10.3. The van der Waals surface area contributed by atoms with Gasteiger partial charge in [0.1, 0.15) is 5.82 Å². The van der Waals surface area contributed by atoms with Crippen LogP contribution in [0.15, 0.2) is 42.5 Å². The number of rotatable bonds is 2. The van der Waals surface area contributed by atoms with E-state index >= 15 is 0 Å². The van der Waals surface area contributed by atoms with E-state index in [0.717, 1.165) is 49.3 Å². The summed E-state index contributed by atoms with van der Waals surface area (Å²) in [5.74, 6) is 2.79. The fourth-order valence-electron chi connectivity index (χ4n) is 4.24. The van der Waals surface area contributed by atoms with Crippen molar-refractivity contribution in [3.8, 4) is 11.8 Å². The van der Waals surface area contributed by atoms with Crippen LogP contribution in [0.5, 0.6) is 0 Å². The van der Waals surface area contributed by atoms with Crippen LogP contribution in [0.25, 0.3) is 10.8 Å². The van der Waals surface area contributed by atoms with Crippen LogP contribution >= 0.6 is 0 Å². The molecule has 0 spiro atoms. The number of aryl methyl sites for hydroxylation is 1. The Morgan fingerprint density at radius 1 is 0.833 bits per heavy atom. The monoisotopic (exact) mass is 410 g/mol. The van der Waals surface area contributed by atoms with E-state index in [2.05, 4.69) is 11.8 Å². The van der Waals surface area contributed by atoms with Crippen molar-refractivity contribution in [2.45, 2.75) is 44.9 Å². The lowest BCUT2D eigenvalue weighted by Gasteiger charge is -2.26. The molecule has 0 nitrogen and oxygen atoms in total. The summed E-state index contributed by atoms with van der Waals surface area (Å²) < 4.78 is 55.1. The maximum absolute atomic E-state index is 14.4. The summed E-state index contributed by atoms with van der Waals surface area (Å²) in [6.07, 6.45) is 4.36. The summed E-state index contributed by atoms with van der Waals surface area (Å²) in [6.45, 7) is 2.01. The molecule has 0 heterocycles. The number of hydrogen-bond acceptors (Lipinski definition) is 0. The van der Waals surface area contributed by atoms with E-state index in [4.69, 9.17) is 0 Å². The predicted octanol–water partition coefficient (Wildman–Crippen LogP) is 7.28. The van der Waals surface area contributed by atoms with Gasteiger partial charge in [-0.15, -0.1) is 0 Å². The molecule has 0 unspecified atom stereocenters. The Hall–Kier alpha value is -2.80. The maximum Gasteiger partial charge on any atom is 0.195 e. The van der Waals surface area contributed by atoms with Crippen molar-refractivity contribution in [1.82, 2.24) is 0 Å². The molecule has 0 bridgehead atoms. The zero-order chi connectivity index (χ0) is 21.3. The number of benzene rings is 3. The third-order valence-corrected chi connectivity index (χ3v) is 6.03. The molecule has 0 N–H and O–H groups in total. The largest absolute Gasteiger partial charge is 0.207 e. The van der Waals surface area contributed by atoms with E-state index in [-0.39, 0.29) is 28.4 Å². The second kappa shape index (κ2) is 8.52. The molecule has 0 aliphatic heterocycles. The summed E-state index contributed by atoms with van der Waals surface area (Å²) in [6, 6.07) is 11.2. The molecule has 1 fully saturated rings. The number of hydrogen-bond donors (Lipinski definition) is 0. The molecule has 4 rings (SSSR count). The molecule has 0 aromatic heterocycles. The van der Waals surface area contributed by atoms with Crippen molar-refractivity contribution in [2.24, 2.45) is 5.92 Å². The third kappa shape index (κ3) is 4.07. The molecule has 1 aliphatic rings. The lowest BCUT2D eigenvalue weighted by molar-refractivity contribution is 0.376. The maximum atomic E-state index is 14.4. The lowest BCUT2D eigenvalue weighted by atomic mass is 9.78. The van der Waals surface area contributed by atoms with Gasteiger partial charge in [-0.05, 0) is 78.8 Å². The standard InChI is InChI=1S/C26H22F4/c1-2-16-7-11-21(23(27)14-16)19-9-5-17(6-10-19)3-4-18-8-12-22-20(13-18)15-24(28)26(30)25(22)29/h7-8,11-15,17,19H,2,5-6,9-10H2,1H3. The summed E-state index contributed by atoms with van der Waals surface area (Å²) in [5, 5.41) is 0.323. The highest BCUT2D eigenvalue weighted by molar-refractivity contribution is 5.84. The molecule has 0 amide bonds. The van der Waals surface area contributed by atoms with Crippen molar-refractivity contribution in [3.05, 3.63) is 82.4 Å². The van der Waals surface area contributed by atoms with Crippen molar-refractivity contribution < 1.29 is 17.6 Å². The topological polar surface area (TPSA) is 0 Å². The van der Waals surface area contributed by atoms with Crippen LogP contribution in [0.1, 0.15) is 55.2 Å². The van der Waals surface area contributed by atoms with Gasteiger partial charge in [-0.2, -0.15) is 0 Å². The van der Waals surface area contributed by atoms with E-state index in [1.165, 1.54) is 6.07 Å². The van der Waals surface area contributed by atoms with Crippen LogP contribution in [0, 0.1) is 41.0 Å². The highest BCUT2D eigenvalue weighted by Crippen LogP contribution is 2.37. The third-order valence-electron chi connectivity index (χ3n) is 6.03. The van der Waals surface area contributed by atoms with Crippen molar-refractivity contribution in [2.75, 3.05) is 0 Å². The van der Waals surface area contributed by atoms with E-state index in [0.29, 0.717) is 5.56 Å². The minimum Gasteiger partial charge on any atom is -0.207 e. The van der Waals surface area contributed by atoms with E-state index < -0.39 is 17.5 Å². The summed E-state index contributed by atoms with van der Waals surface area (Å²) >= 11 is 0. The molecule has 154 valence electrons. The van der Waals surface area contributed by atoms with Crippen LogP contribution < -0.4 is 0 Å².